The van der Waals surface area contributed by atoms with Gasteiger partial charge in [0.1, 0.15) is 6.04 Å². The fourth-order valence-corrected chi connectivity index (χ4v) is 2.58. The second-order valence-corrected chi connectivity index (χ2v) is 6.98. The minimum atomic E-state index is -0.766. The smallest absolute Gasteiger partial charge is 0.319 e. The van der Waals surface area contributed by atoms with Gasteiger partial charge in [-0.25, -0.2) is 14.8 Å². The Hall–Kier alpha value is -3.61. The summed E-state index contributed by atoms with van der Waals surface area (Å²) in [5, 5.41) is 20.5. The zero-order valence-electron chi connectivity index (χ0n) is 17.1. The van der Waals surface area contributed by atoms with E-state index in [-0.39, 0.29) is 11.8 Å². The Balaban J connectivity index is 2.03. The van der Waals surface area contributed by atoms with Crippen LogP contribution in [0.1, 0.15) is 26.2 Å². The van der Waals surface area contributed by atoms with Crippen LogP contribution < -0.4 is 10.6 Å². The normalized spacial score (nSPS) is 11.5. The molecule has 0 radical (unpaired) electrons. The number of carbonyl (C=O) groups is 2. The molecule has 29 heavy (non-hydrogen) atoms. The number of hydrogen-bond donors (Lipinski definition) is 2. The highest BCUT2D eigenvalue weighted by atomic mass is 16.5. The molecule has 2 N–H and O–H groups in total. The van der Waals surface area contributed by atoms with E-state index < -0.39 is 12.1 Å². The van der Waals surface area contributed by atoms with E-state index in [1.165, 1.54) is 19.1 Å². The molecule has 0 saturated heterocycles. The summed E-state index contributed by atoms with van der Waals surface area (Å²) in [5.74, 6) is 0.726. The van der Waals surface area contributed by atoms with Crippen molar-refractivity contribution in [2.75, 3.05) is 19.4 Å². The summed E-state index contributed by atoms with van der Waals surface area (Å²) in [5.41, 5.74) is 1.30. The Kier molecular flexibility index (Phi) is 7.14. The molecule has 0 aliphatic heterocycles. The topological polar surface area (TPSA) is 127 Å². The van der Waals surface area contributed by atoms with Gasteiger partial charge in [0.15, 0.2) is 6.19 Å². The molecule has 0 unspecified atom stereocenters. The number of aromatic nitrogens is 2. The predicted molar refractivity (Wildman–Crippen MR) is 106 cm³/mol. The van der Waals surface area contributed by atoms with Gasteiger partial charge in [-0.05, 0) is 36.6 Å². The molecular formula is C19H25N7O3. The van der Waals surface area contributed by atoms with Gasteiger partial charge in [-0.15, -0.1) is 0 Å². The molecule has 1 atom stereocenters. The number of aryl methyl sites for hydroxylation is 1. The second kappa shape index (κ2) is 9.54. The van der Waals surface area contributed by atoms with Crippen molar-refractivity contribution < 1.29 is 14.1 Å². The van der Waals surface area contributed by atoms with Gasteiger partial charge in [0.25, 0.3) is 5.91 Å². The van der Waals surface area contributed by atoms with E-state index in [1.54, 1.807) is 31.2 Å². The maximum atomic E-state index is 12.6. The molecule has 0 aliphatic rings. The van der Waals surface area contributed by atoms with E-state index in [2.05, 4.69) is 20.8 Å². The van der Waals surface area contributed by atoms with Gasteiger partial charge in [0.05, 0.1) is 0 Å². The van der Waals surface area contributed by atoms with Crippen LogP contribution in [0.2, 0.25) is 0 Å². The van der Waals surface area contributed by atoms with E-state index in [1.807, 2.05) is 20.0 Å². The highest BCUT2D eigenvalue weighted by molar-refractivity contribution is 5.93. The van der Waals surface area contributed by atoms with Gasteiger partial charge in [-0.2, -0.15) is 10.2 Å². The number of nitrogens with one attached hydrogen (secondary N) is 2. The lowest BCUT2D eigenvalue weighted by atomic mass is 10.0. The fraction of sp³-hybridized carbons (Fsp3) is 0.421. The molecule has 0 aliphatic carbocycles. The van der Waals surface area contributed by atoms with Gasteiger partial charge in [0.2, 0.25) is 11.7 Å². The Morgan fingerprint density at radius 3 is 2.41 bits per heavy atom. The van der Waals surface area contributed by atoms with E-state index >= 15 is 0 Å². The summed E-state index contributed by atoms with van der Waals surface area (Å²) in [6, 6.07) is 5.64. The van der Waals surface area contributed by atoms with Gasteiger partial charge in [0, 0.05) is 32.3 Å². The van der Waals surface area contributed by atoms with Crippen LogP contribution in [0.25, 0.3) is 11.4 Å². The first-order valence-electron chi connectivity index (χ1n) is 9.10. The average molecular weight is 399 g/mol. The Morgan fingerprint density at radius 2 is 1.90 bits per heavy atom. The zero-order valence-corrected chi connectivity index (χ0v) is 17.1. The van der Waals surface area contributed by atoms with Crippen molar-refractivity contribution in [2.24, 2.45) is 5.92 Å². The first-order valence-corrected chi connectivity index (χ1v) is 9.10. The Labute approximate surface area is 169 Å². The van der Waals surface area contributed by atoms with Gasteiger partial charge < -0.3 is 15.2 Å². The standard InChI is InChI=1S/C19H25N7O3/c1-12(2)10-16(18(27)26(5)25(4)11-20)23-19(28)22-15-8-6-14(7-9-15)17-21-13(3)29-24-17/h6-9,12,16H,10H2,1-5H3,(H2,22,23,28)/t16-/m0/s1. The van der Waals surface area contributed by atoms with Gasteiger partial charge in [-0.3, -0.25) is 4.79 Å². The number of rotatable bonds is 7. The van der Waals surface area contributed by atoms with Crippen LogP contribution in [0.5, 0.6) is 0 Å². The molecule has 0 spiro atoms. The minimum Gasteiger partial charge on any atom is -0.339 e. The molecular weight excluding hydrogens is 374 g/mol. The maximum Gasteiger partial charge on any atom is 0.319 e. The predicted octanol–water partition coefficient (Wildman–Crippen LogP) is 2.37. The third kappa shape index (κ3) is 5.93. The largest absolute Gasteiger partial charge is 0.339 e. The summed E-state index contributed by atoms with van der Waals surface area (Å²) in [7, 11) is 2.95. The van der Waals surface area contributed by atoms with Crippen molar-refractivity contribution in [1.82, 2.24) is 25.5 Å². The Morgan fingerprint density at radius 1 is 1.24 bits per heavy atom. The third-order valence-corrected chi connectivity index (χ3v) is 4.15. The molecule has 154 valence electrons. The molecule has 1 heterocycles. The lowest BCUT2D eigenvalue weighted by molar-refractivity contribution is -0.142. The number of anilines is 1. The van der Waals surface area contributed by atoms with Crippen LogP contribution in [0.3, 0.4) is 0 Å². The average Bonchev–Trinajstić information content (AvgIpc) is 3.12. The van der Waals surface area contributed by atoms with Crippen LogP contribution >= 0.6 is 0 Å². The number of likely N-dealkylation sites (N-methyl/N-ethyl adjacent to an activating group) is 1. The molecule has 3 amide bonds. The fourth-order valence-electron chi connectivity index (χ4n) is 2.58. The number of benzene rings is 1. The molecule has 10 nitrogen and oxygen atoms in total. The van der Waals surface area contributed by atoms with Crippen LogP contribution in [0, 0.1) is 24.3 Å². The zero-order chi connectivity index (χ0) is 21.6. The van der Waals surface area contributed by atoms with E-state index in [0.29, 0.717) is 23.8 Å². The summed E-state index contributed by atoms with van der Waals surface area (Å²) in [6.45, 7) is 5.61. The van der Waals surface area contributed by atoms with Crippen molar-refractivity contribution >= 4 is 17.6 Å². The highest BCUT2D eigenvalue weighted by Crippen LogP contribution is 2.18. The first-order chi connectivity index (χ1) is 13.7. The summed E-state index contributed by atoms with van der Waals surface area (Å²) in [4.78, 5) is 29.2. The van der Waals surface area contributed by atoms with Crippen LogP contribution in [0.15, 0.2) is 28.8 Å². The molecule has 10 heteroatoms. The summed E-state index contributed by atoms with van der Waals surface area (Å²) >= 11 is 0. The number of hydrazine groups is 1. The lowest BCUT2D eigenvalue weighted by Gasteiger charge is -2.28. The quantitative estimate of drug-likeness (QED) is 0.415. The minimum absolute atomic E-state index is 0.169. The summed E-state index contributed by atoms with van der Waals surface area (Å²) in [6.07, 6.45) is 2.30. The molecule has 0 bridgehead atoms. The molecule has 2 rings (SSSR count). The van der Waals surface area contributed by atoms with Crippen molar-refractivity contribution in [3.05, 3.63) is 30.2 Å². The SMILES string of the molecule is Cc1nc(-c2ccc(NC(=O)N[C@@H](CC(C)C)C(=O)N(C)N(C)C#N)cc2)no1. The number of hydrogen-bond acceptors (Lipinski definition) is 7. The molecule has 2 aromatic rings. The molecule has 0 fully saturated rings. The van der Waals surface area contributed by atoms with Crippen LogP contribution in [-0.4, -0.2) is 52.2 Å². The summed E-state index contributed by atoms with van der Waals surface area (Å²) < 4.78 is 4.96. The van der Waals surface area contributed by atoms with E-state index in [9.17, 15) is 9.59 Å². The van der Waals surface area contributed by atoms with Crippen LogP contribution in [0.4, 0.5) is 10.5 Å². The van der Waals surface area contributed by atoms with Crippen molar-refractivity contribution in [3.8, 4) is 17.6 Å². The van der Waals surface area contributed by atoms with Crippen LogP contribution in [-0.2, 0) is 4.79 Å². The molecule has 1 aromatic carbocycles. The lowest BCUT2D eigenvalue weighted by Crippen LogP contribution is -2.52. The molecule has 1 aromatic heterocycles. The number of nitriles is 1. The molecule has 0 saturated carbocycles. The van der Waals surface area contributed by atoms with Gasteiger partial charge in [-0.1, -0.05) is 19.0 Å². The number of carbonyl (C=O) groups excluding carboxylic acids is 2. The number of urea groups is 1. The van der Waals surface area contributed by atoms with Crippen molar-refractivity contribution in [2.45, 2.75) is 33.2 Å². The highest BCUT2D eigenvalue weighted by Gasteiger charge is 2.26. The van der Waals surface area contributed by atoms with E-state index in [0.717, 1.165) is 10.6 Å². The monoisotopic (exact) mass is 399 g/mol. The first kappa shape index (κ1) is 21.7. The second-order valence-electron chi connectivity index (χ2n) is 6.98. The van der Waals surface area contributed by atoms with E-state index in [4.69, 9.17) is 9.78 Å². The number of amides is 3. The van der Waals surface area contributed by atoms with Crippen molar-refractivity contribution in [3.63, 3.8) is 0 Å². The maximum absolute atomic E-state index is 12.6. The number of nitrogens with zero attached hydrogens (tertiary/aromatic N) is 5. The van der Waals surface area contributed by atoms with Crippen molar-refractivity contribution in [1.29, 1.82) is 5.26 Å². The third-order valence-electron chi connectivity index (χ3n) is 4.15. The Bertz CT molecular complexity index is 886. The van der Waals surface area contributed by atoms with Gasteiger partial charge >= 0.3 is 6.03 Å².